The first-order valence-corrected chi connectivity index (χ1v) is 3.32. The van der Waals surface area contributed by atoms with Crippen molar-refractivity contribution in [2.75, 3.05) is 0 Å². The fraction of sp³-hybridized carbons (Fsp3) is 0.200. The third-order valence-corrected chi connectivity index (χ3v) is 1.77. The molecule has 0 fully saturated rings. The minimum atomic E-state index is 0.685. The molecule has 0 saturated carbocycles. The van der Waals surface area contributed by atoms with Gasteiger partial charge in [0.2, 0.25) is 0 Å². The normalized spacial score (nSPS) is 28.6. The van der Waals surface area contributed by atoms with Gasteiger partial charge in [-0.1, -0.05) is 0 Å². The molecule has 0 saturated heterocycles. The average Bonchev–Trinajstić information content (AvgIpc) is 1.69. The molecule has 0 aliphatic carbocycles. The van der Waals surface area contributed by atoms with Crippen molar-refractivity contribution < 1.29 is 0 Å². The summed E-state index contributed by atoms with van der Waals surface area (Å²) in [5.41, 5.74) is 0. The van der Waals surface area contributed by atoms with Crippen molar-refractivity contribution >= 4 is 29.5 Å². The summed E-state index contributed by atoms with van der Waals surface area (Å²) in [6.45, 7) is 0. The number of thioether (sulfide) groups is 1. The van der Waals surface area contributed by atoms with Crippen molar-refractivity contribution in [2.24, 2.45) is 0 Å². The zero-order valence-corrected chi connectivity index (χ0v) is 5.11. The van der Waals surface area contributed by atoms with Crippen molar-refractivity contribution in [2.45, 2.75) is 3.92 Å². The van der Waals surface area contributed by atoms with Crippen LogP contribution in [-0.2, 0) is 0 Å². The summed E-state index contributed by atoms with van der Waals surface area (Å²) in [6.07, 6.45) is 6.33. The van der Waals surface area contributed by atoms with Crippen LogP contribution in [0.2, 0.25) is 0 Å². The average molecular weight is 104 g/mol. The van der Waals surface area contributed by atoms with E-state index in [4.69, 9.17) is 0 Å². The fourth-order valence-electron chi connectivity index (χ4n) is 0.481. The van der Waals surface area contributed by atoms with Gasteiger partial charge in [0.25, 0.3) is 0 Å². The molecule has 1 aliphatic rings. The van der Waals surface area contributed by atoms with E-state index in [0.717, 1.165) is 0 Å². The first-order chi connectivity index (χ1) is 3.39. The summed E-state index contributed by atoms with van der Waals surface area (Å²) in [4.78, 5) is 0. The summed E-state index contributed by atoms with van der Waals surface area (Å²) in [5, 5.41) is 2.12. The van der Waals surface area contributed by atoms with Gasteiger partial charge in [-0.15, -0.1) is 0 Å². The van der Waals surface area contributed by atoms with Crippen molar-refractivity contribution in [1.29, 1.82) is 0 Å². The second kappa shape index (κ2) is 2.67. The zero-order valence-electron chi connectivity index (χ0n) is 4.29. The monoisotopic (exact) mass is 104 g/mol. The molecule has 0 spiro atoms. The van der Waals surface area contributed by atoms with Crippen LogP contribution >= 0.6 is 11.8 Å². The molecule has 32 valence electrons. The molecule has 1 aliphatic heterocycles. The Kier molecular flexibility index (Phi) is 2.12. The molecule has 0 radical (unpaired) electrons. The SMILES string of the molecule is [Li][CH]1C=CC=CS1. The van der Waals surface area contributed by atoms with Crippen LogP contribution in [0.25, 0.3) is 0 Å². The van der Waals surface area contributed by atoms with E-state index < -0.39 is 0 Å². The van der Waals surface area contributed by atoms with Gasteiger partial charge in [-0.3, -0.25) is 0 Å². The summed E-state index contributed by atoms with van der Waals surface area (Å²) < 4.78 is 0.685. The van der Waals surface area contributed by atoms with E-state index in [0.29, 0.717) is 3.92 Å². The van der Waals surface area contributed by atoms with E-state index in [2.05, 4.69) is 41.4 Å². The van der Waals surface area contributed by atoms with Gasteiger partial charge in [-0.05, 0) is 0 Å². The van der Waals surface area contributed by atoms with Crippen molar-refractivity contribution in [1.82, 2.24) is 0 Å². The molecule has 0 aromatic rings. The van der Waals surface area contributed by atoms with Gasteiger partial charge in [0.05, 0.1) is 0 Å². The quantitative estimate of drug-likeness (QED) is 0.417. The molecule has 7 heavy (non-hydrogen) atoms. The maximum atomic E-state index is 2.19. The van der Waals surface area contributed by atoms with Crippen molar-refractivity contribution in [3.63, 3.8) is 0 Å². The Morgan fingerprint density at radius 2 is 2.29 bits per heavy atom. The van der Waals surface area contributed by atoms with Crippen LogP contribution in [0.1, 0.15) is 0 Å². The van der Waals surface area contributed by atoms with Crippen LogP contribution in [0.15, 0.2) is 23.6 Å². The Morgan fingerprint density at radius 3 is 2.57 bits per heavy atom. The summed E-state index contributed by atoms with van der Waals surface area (Å²) >= 11 is 4.04. The van der Waals surface area contributed by atoms with Crippen LogP contribution in [0, 0.1) is 0 Å². The van der Waals surface area contributed by atoms with Crippen molar-refractivity contribution in [3.8, 4) is 0 Å². The molecule has 1 rings (SSSR count). The Bertz CT molecular complexity index is 107. The topological polar surface area (TPSA) is 0 Å². The van der Waals surface area contributed by atoms with Gasteiger partial charge in [0.1, 0.15) is 0 Å². The predicted molar refractivity (Wildman–Crippen MR) is 35.4 cm³/mol. The standard InChI is InChI=1S/C5H5S.Li/c1-2-4-6-5-3-1;/h1-5H;. The fourth-order valence-corrected chi connectivity index (χ4v) is 1.09. The third-order valence-electron chi connectivity index (χ3n) is 0.865. The summed E-state index contributed by atoms with van der Waals surface area (Å²) in [7, 11) is 0. The van der Waals surface area contributed by atoms with Crippen LogP contribution in [0.4, 0.5) is 0 Å². The molecule has 0 aromatic carbocycles. The molecule has 0 nitrogen and oxygen atoms in total. The number of hydrogen-bond donors (Lipinski definition) is 0. The van der Waals surface area contributed by atoms with E-state index in [9.17, 15) is 0 Å². The van der Waals surface area contributed by atoms with Crippen LogP contribution in [0.3, 0.4) is 0 Å². The molecule has 0 aromatic heterocycles. The van der Waals surface area contributed by atoms with Crippen LogP contribution in [0.5, 0.6) is 0 Å². The van der Waals surface area contributed by atoms with Gasteiger partial charge < -0.3 is 0 Å². The molecule has 2 heteroatoms. The second-order valence-electron chi connectivity index (χ2n) is 1.55. The molecule has 1 heterocycles. The number of hydrogen-bond acceptors (Lipinski definition) is 1. The van der Waals surface area contributed by atoms with E-state index in [1.807, 2.05) is 11.8 Å². The van der Waals surface area contributed by atoms with Crippen LogP contribution < -0.4 is 0 Å². The molecule has 0 amide bonds. The molecule has 1 atom stereocenters. The van der Waals surface area contributed by atoms with Crippen molar-refractivity contribution in [3.05, 3.63) is 23.6 Å². The van der Waals surface area contributed by atoms with E-state index in [1.54, 1.807) is 0 Å². The summed E-state index contributed by atoms with van der Waals surface area (Å²) in [6, 6.07) is 0. The van der Waals surface area contributed by atoms with Gasteiger partial charge >= 0.3 is 57.0 Å². The summed E-state index contributed by atoms with van der Waals surface area (Å²) in [5.74, 6) is 0. The molecule has 0 N–H and O–H groups in total. The molecular formula is C5H5LiS. The Labute approximate surface area is 57.3 Å². The Morgan fingerprint density at radius 1 is 1.43 bits per heavy atom. The molecule has 0 bridgehead atoms. The van der Waals surface area contributed by atoms with Gasteiger partial charge in [-0.2, -0.15) is 0 Å². The van der Waals surface area contributed by atoms with Gasteiger partial charge in [0.15, 0.2) is 0 Å². The molecule has 1 unspecified atom stereocenters. The predicted octanol–water partition coefficient (Wildman–Crippen LogP) is 1.30. The van der Waals surface area contributed by atoms with Crippen LogP contribution in [-0.4, -0.2) is 21.6 Å². The zero-order chi connectivity index (χ0) is 5.11. The number of rotatable bonds is 0. The first-order valence-electron chi connectivity index (χ1n) is 2.38. The van der Waals surface area contributed by atoms with Gasteiger partial charge in [-0.25, -0.2) is 0 Å². The first kappa shape index (κ1) is 5.56. The Balaban J connectivity index is 2.49. The second-order valence-corrected chi connectivity index (χ2v) is 2.84. The van der Waals surface area contributed by atoms with E-state index in [-0.39, 0.29) is 0 Å². The number of allylic oxidation sites excluding steroid dienone is 2. The Hall–Kier alpha value is 0.427. The maximum absolute atomic E-state index is 2.19. The molecular weight excluding hydrogens is 99.1 g/mol. The van der Waals surface area contributed by atoms with E-state index in [1.165, 1.54) is 0 Å². The third kappa shape index (κ3) is 1.77. The minimum absolute atomic E-state index is 0.685. The van der Waals surface area contributed by atoms with Gasteiger partial charge in [0, 0.05) is 0 Å². The van der Waals surface area contributed by atoms with E-state index >= 15 is 0 Å².